The number of thioether (sulfide) groups is 1. The van der Waals surface area contributed by atoms with Crippen LogP contribution in [0.25, 0.3) is 11.0 Å². The normalized spacial score (nSPS) is 10.8. The molecule has 1 N–H and O–H groups in total. The topological polar surface area (TPSA) is 77.3 Å². The van der Waals surface area contributed by atoms with E-state index < -0.39 is 5.97 Å². The molecule has 0 unspecified atom stereocenters. The largest absolute Gasteiger partial charge is 0.497 e. The van der Waals surface area contributed by atoms with E-state index in [0.29, 0.717) is 17.1 Å². The Morgan fingerprint density at radius 1 is 1.36 bits per heavy atom. The van der Waals surface area contributed by atoms with Gasteiger partial charge < -0.3 is 18.9 Å². The van der Waals surface area contributed by atoms with E-state index in [-0.39, 0.29) is 0 Å². The molecule has 3 aromatic rings. The Balaban J connectivity index is 1.77. The van der Waals surface area contributed by atoms with Crippen molar-refractivity contribution in [2.75, 3.05) is 14.2 Å². The van der Waals surface area contributed by atoms with Crippen molar-refractivity contribution >= 4 is 28.8 Å². The standard InChI is InChI=1S/C15H14N2O4S/c1-19-9-3-4-11-12(7-9)17-15(16-11)22-8-13-10(5-6-21-13)14(18)20-2/h3-7H,8H2,1-2H3,(H,16,17). The van der Waals surface area contributed by atoms with Crippen LogP contribution >= 0.6 is 11.8 Å². The molecule has 0 aliphatic carbocycles. The van der Waals surface area contributed by atoms with Crippen LogP contribution in [0.1, 0.15) is 16.1 Å². The third-order valence-electron chi connectivity index (χ3n) is 3.16. The van der Waals surface area contributed by atoms with Crippen molar-refractivity contribution in [3.8, 4) is 5.75 Å². The molecule has 22 heavy (non-hydrogen) atoms. The molecule has 2 heterocycles. The van der Waals surface area contributed by atoms with Crippen molar-refractivity contribution in [3.63, 3.8) is 0 Å². The fourth-order valence-electron chi connectivity index (χ4n) is 2.04. The van der Waals surface area contributed by atoms with E-state index in [9.17, 15) is 4.79 Å². The van der Waals surface area contributed by atoms with Crippen LogP contribution in [0.15, 0.2) is 40.1 Å². The fourth-order valence-corrected chi connectivity index (χ4v) is 2.88. The Hall–Kier alpha value is -2.41. The van der Waals surface area contributed by atoms with Gasteiger partial charge in [-0.25, -0.2) is 9.78 Å². The molecule has 6 nitrogen and oxygen atoms in total. The number of methoxy groups -OCH3 is 2. The second-order valence-corrected chi connectivity index (χ2v) is 5.43. The minimum Gasteiger partial charge on any atom is -0.497 e. The average Bonchev–Trinajstić information content (AvgIpc) is 3.17. The zero-order chi connectivity index (χ0) is 15.5. The van der Waals surface area contributed by atoms with E-state index in [0.717, 1.165) is 21.9 Å². The van der Waals surface area contributed by atoms with E-state index in [4.69, 9.17) is 13.9 Å². The Labute approximate surface area is 130 Å². The van der Waals surface area contributed by atoms with Gasteiger partial charge in [0.05, 0.1) is 37.3 Å². The maximum absolute atomic E-state index is 11.6. The Morgan fingerprint density at radius 3 is 3.00 bits per heavy atom. The number of aromatic nitrogens is 2. The van der Waals surface area contributed by atoms with Gasteiger partial charge in [0.1, 0.15) is 17.1 Å². The number of nitrogens with zero attached hydrogens (tertiary/aromatic N) is 1. The molecule has 0 spiro atoms. The van der Waals surface area contributed by atoms with Crippen LogP contribution in [0.5, 0.6) is 5.75 Å². The predicted molar refractivity (Wildman–Crippen MR) is 82.3 cm³/mol. The summed E-state index contributed by atoms with van der Waals surface area (Å²) in [6, 6.07) is 7.24. The number of carbonyl (C=O) groups is 1. The minimum atomic E-state index is -0.404. The number of hydrogen-bond acceptors (Lipinski definition) is 6. The van der Waals surface area contributed by atoms with E-state index >= 15 is 0 Å². The first-order valence-corrected chi connectivity index (χ1v) is 7.51. The molecular formula is C15H14N2O4S. The van der Waals surface area contributed by atoms with E-state index in [2.05, 4.69) is 9.97 Å². The number of hydrogen-bond donors (Lipinski definition) is 1. The summed E-state index contributed by atoms with van der Waals surface area (Å²) in [5.74, 6) is 1.41. The fraction of sp³-hybridized carbons (Fsp3) is 0.200. The number of aromatic amines is 1. The second-order valence-electron chi connectivity index (χ2n) is 4.46. The molecular weight excluding hydrogens is 304 g/mol. The van der Waals surface area contributed by atoms with Gasteiger partial charge in [0.25, 0.3) is 0 Å². The van der Waals surface area contributed by atoms with Gasteiger partial charge in [0.15, 0.2) is 5.16 Å². The molecule has 0 aliphatic rings. The number of ether oxygens (including phenoxy) is 2. The number of rotatable bonds is 5. The lowest BCUT2D eigenvalue weighted by Crippen LogP contribution is -2.02. The number of fused-ring (bicyclic) bond motifs is 1. The molecule has 0 radical (unpaired) electrons. The molecule has 2 aromatic heterocycles. The Morgan fingerprint density at radius 2 is 2.23 bits per heavy atom. The molecule has 0 atom stereocenters. The van der Waals surface area contributed by atoms with Crippen molar-refractivity contribution in [3.05, 3.63) is 41.9 Å². The monoisotopic (exact) mass is 318 g/mol. The second kappa shape index (κ2) is 6.15. The number of nitrogens with one attached hydrogen (secondary N) is 1. The number of esters is 1. The molecule has 1 aromatic carbocycles. The summed E-state index contributed by atoms with van der Waals surface area (Å²) in [4.78, 5) is 19.3. The third-order valence-corrected chi connectivity index (χ3v) is 4.03. The smallest absolute Gasteiger partial charge is 0.341 e. The first kappa shape index (κ1) is 14.5. The zero-order valence-corrected chi connectivity index (χ0v) is 12.9. The van der Waals surface area contributed by atoms with Gasteiger partial charge in [-0.05, 0) is 18.2 Å². The Kier molecular flexibility index (Phi) is 4.06. The molecule has 0 saturated heterocycles. The number of imidazole rings is 1. The molecule has 114 valence electrons. The Bertz CT molecular complexity index is 809. The minimum absolute atomic E-state index is 0.404. The summed E-state index contributed by atoms with van der Waals surface area (Å²) < 4.78 is 15.2. The van der Waals surface area contributed by atoms with Gasteiger partial charge in [-0.3, -0.25) is 0 Å². The van der Waals surface area contributed by atoms with Gasteiger partial charge in [0, 0.05) is 6.07 Å². The first-order valence-electron chi connectivity index (χ1n) is 6.52. The number of carbonyl (C=O) groups excluding carboxylic acids is 1. The van der Waals surface area contributed by atoms with Crippen molar-refractivity contribution in [2.24, 2.45) is 0 Å². The highest BCUT2D eigenvalue weighted by atomic mass is 32.2. The van der Waals surface area contributed by atoms with Crippen LogP contribution in [-0.4, -0.2) is 30.2 Å². The molecule has 0 aliphatic heterocycles. The highest BCUT2D eigenvalue weighted by Crippen LogP contribution is 2.27. The maximum atomic E-state index is 11.6. The van der Waals surface area contributed by atoms with Gasteiger partial charge >= 0.3 is 5.97 Å². The SMILES string of the molecule is COC(=O)c1ccoc1CSc1nc2ccc(OC)cc2[nH]1. The molecule has 0 fully saturated rings. The van der Waals surface area contributed by atoms with Crippen LogP contribution < -0.4 is 4.74 Å². The van der Waals surface area contributed by atoms with Crippen molar-refractivity contribution in [2.45, 2.75) is 10.9 Å². The summed E-state index contributed by atoms with van der Waals surface area (Å²) in [6.07, 6.45) is 1.48. The molecule has 0 bridgehead atoms. The number of H-pyrrole nitrogens is 1. The lowest BCUT2D eigenvalue weighted by atomic mass is 10.3. The maximum Gasteiger partial charge on any atom is 0.341 e. The van der Waals surface area contributed by atoms with Crippen molar-refractivity contribution in [1.82, 2.24) is 9.97 Å². The summed E-state index contributed by atoms with van der Waals surface area (Å²) >= 11 is 1.45. The van der Waals surface area contributed by atoms with Crippen molar-refractivity contribution in [1.29, 1.82) is 0 Å². The van der Waals surface area contributed by atoms with E-state index in [1.165, 1.54) is 25.1 Å². The van der Waals surface area contributed by atoms with Gasteiger partial charge in [0.2, 0.25) is 0 Å². The third kappa shape index (κ3) is 2.80. The lowest BCUT2D eigenvalue weighted by Gasteiger charge is -1.99. The molecule has 0 saturated carbocycles. The van der Waals surface area contributed by atoms with E-state index in [1.807, 2.05) is 18.2 Å². The summed E-state index contributed by atoms with van der Waals surface area (Å²) in [5.41, 5.74) is 2.19. The lowest BCUT2D eigenvalue weighted by molar-refractivity contribution is 0.0598. The van der Waals surface area contributed by atoms with Crippen LogP contribution in [0.2, 0.25) is 0 Å². The van der Waals surface area contributed by atoms with Gasteiger partial charge in [-0.15, -0.1) is 0 Å². The summed E-state index contributed by atoms with van der Waals surface area (Å²) in [5, 5.41) is 0.746. The van der Waals surface area contributed by atoms with Crippen LogP contribution in [0.3, 0.4) is 0 Å². The van der Waals surface area contributed by atoms with Crippen LogP contribution in [0, 0.1) is 0 Å². The summed E-state index contributed by atoms with van der Waals surface area (Å²) in [7, 11) is 2.97. The number of furan rings is 1. The number of benzene rings is 1. The summed E-state index contributed by atoms with van der Waals surface area (Å²) in [6.45, 7) is 0. The van der Waals surface area contributed by atoms with Gasteiger partial charge in [-0.1, -0.05) is 11.8 Å². The van der Waals surface area contributed by atoms with Crippen molar-refractivity contribution < 1.29 is 18.7 Å². The first-order chi connectivity index (χ1) is 10.7. The molecule has 3 rings (SSSR count). The quantitative estimate of drug-likeness (QED) is 0.575. The van der Waals surface area contributed by atoms with Crippen LogP contribution in [-0.2, 0) is 10.5 Å². The predicted octanol–water partition coefficient (Wildman–Crippen LogP) is 3.24. The highest BCUT2D eigenvalue weighted by molar-refractivity contribution is 7.98. The van der Waals surface area contributed by atoms with Crippen LogP contribution in [0.4, 0.5) is 0 Å². The zero-order valence-electron chi connectivity index (χ0n) is 12.1. The average molecular weight is 318 g/mol. The highest BCUT2D eigenvalue weighted by Gasteiger charge is 2.16. The molecule has 7 heteroatoms. The van der Waals surface area contributed by atoms with E-state index in [1.54, 1.807) is 13.2 Å². The van der Waals surface area contributed by atoms with Gasteiger partial charge in [-0.2, -0.15) is 0 Å². The molecule has 0 amide bonds.